The number of pyridine rings is 1. The highest BCUT2D eigenvalue weighted by molar-refractivity contribution is 5.89. The monoisotopic (exact) mass is 381 g/mol. The lowest BCUT2D eigenvalue weighted by Crippen LogP contribution is -2.41. The molecule has 1 aliphatic rings. The number of halogens is 1. The average Bonchev–Trinajstić information content (AvgIpc) is 3.26. The number of carbonyl (C=O) groups excluding carboxylic acids is 1. The van der Waals surface area contributed by atoms with Crippen LogP contribution in [0.4, 0.5) is 14.9 Å². The van der Waals surface area contributed by atoms with Crippen molar-refractivity contribution in [3.8, 4) is 11.6 Å². The first-order valence-corrected chi connectivity index (χ1v) is 9.10. The lowest BCUT2D eigenvalue weighted by molar-refractivity contribution is 0.183. The van der Waals surface area contributed by atoms with Crippen LogP contribution in [0.25, 0.3) is 0 Å². The molecule has 2 amide bonds. The minimum Gasteiger partial charge on any atom is -0.439 e. The van der Waals surface area contributed by atoms with Crippen LogP contribution in [0.15, 0.2) is 61.3 Å². The molecule has 1 saturated heterocycles. The summed E-state index contributed by atoms with van der Waals surface area (Å²) in [7, 11) is 0. The van der Waals surface area contributed by atoms with E-state index in [1.807, 2.05) is 12.5 Å². The van der Waals surface area contributed by atoms with E-state index in [-0.39, 0.29) is 11.8 Å². The topological polar surface area (TPSA) is 72.3 Å². The Balaban J connectivity index is 1.29. The number of piperidine rings is 1. The van der Waals surface area contributed by atoms with Gasteiger partial charge in [0.05, 0.1) is 18.2 Å². The number of carbonyl (C=O) groups is 1. The van der Waals surface area contributed by atoms with Crippen LogP contribution in [0.2, 0.25) is 0 Å². The van der Waals surface area contributed by atoms with Crippen molar-refractivity contribution in [2.45, 2.75) is 18.9 Å². The Hall–Kier alpha value is -3.42. The Kier molecular flexibility index (Phi) is 5.18. The maximum Gasteiger partial charge on any atom is 0.321 e. The largest absolute Gasteiger partial charge is 0.439 e. The third-order valence-corrected chi connectivity index (χ3v) is 4.72. The number of aromatic nitrogens is 3. The van der Waals surface area contributed by atoms with Crippen LogP contribution < -0.4 is 10.1 Å². The fraction of sp³-hybridized carbons (Fsp3) is 0.250. The van der Waals surface area contributed by atoms with Crippen LogP contribution in [0.1, 0.15) is 18.9 Å². The second-order valence-electron chi connectivity index (χ2n) is 6.60. The molecule has 2 aromatic heterocycles. The first-order valence-electron chi connectivity index (χ1n) is 9.10. The predicted octanol–water partition coefficient (Wildman–Crippen LogP) is 4.08. The Labute approximate surface area is 161 Å². The van der Waals surface area contributed by atoms with Crippen molar-refractivity contribution in [3.63, 3.8) is 0 Å². The molecule has 144 valence electrons. The van der Waals surface area contributed by atoms with Crippen molar-refractivity contribution in [2.24, 2.45) is 0 Å². The molecule has 1 aliphatic heterocycles. The Morgan fingerprint density at radius 2 is 1.93 bits per heavy atom. The zero-order valence-electron chi connectivity index (χ0n) is 15.2. The van der Waals surface area contributed by atoms with E-state index >= 15 is 0 Å². The summed E-state index contributed by atoms with van der Waals surface area (Å²) in [4.78, 5) is 22.5. The second kappa shape index (κ2) is 8.08. The molecule has 7 nitrogen and oxygen atoms in total. The van der Waals surface area contributed by atoms with Gasteiger partial charge in [0.2, 0.25) is 5.88 Å². The highest BCUT2D eigenvalue weighted by Gasteiger charge is 2.23. The number of rotatable bonds is 4. The first kappa shape index (κ1) is 18.0. The summed E-state index contributed by atoms with van der Waals surface area (Å²) >= 11 is 0. The van der Waals surface area contributed by atoms with Crippen LogP contribution in [0.5, 0.6) is 11.6 Å². The number of anilines is 1. The summed E-state index contributed by atoms with van der Waals surface area (Å²) in [5, 5.41) is 2.86. The summed E-state index contributed by atoms with van der Waals surface area (Å²) in [5.74, 6) is 0.532. The lowest BCUT2D eigenvalue weighted by Gasteiger charge is -2.32. The van der Waals surface area contributed by atoms with Crippen molar-refractivity contribution in [1.29, 1.82) is 0 Å². The van der Waals surface area contributed by atoms with Gasteiger partial charge in [0.25, 0.3) is 0 Å². The minimum absolute atomic E-state index is 0.141. The van der Waals surface area contributed by atoms with E-state index in [9.17, 15) is 9.18 Å². The van der Waals surface area contributed by atoms with Crippen LogP contribution in [-0.4, -0.2) is 38.6 Å². The number of nitrogens with zero attached hydrogens (tertiary/aromatic N) is 4. The zero-order valence-corrected chi connectivity index (χ0v) is 15.2. The molecule has 0 saturated carbocycles. The normalized spacial score (nSPS) is 14.7. The number of hydrogen-bond acceptors (Lipinski definition) is 4. The molecule has 1 aromatic carbocycles. The van der Waals surface area contributed by atoms with E-state index in [1.54, 1.807) is 23.2 Å². The highest BCUT2D eigenvalue weighted by atomic mass is 19.1. The number of urea groups is 1. The van der Waals surface area contributed by atoms with Gasteiger partial charge in [-0.05, 0) is 43.2 Å². The Morgan fingerprint density at radius 3 is 2.57 bits per heavy atom. The number of hydrogen-bond donors (Lipinski definition) is 1. The summed E-state index contributed by atoms with van der Waals surface area (Å²) in [6, 6.07) is 9.32. The average molecular weight is 381 g/mol. The molecular formula is C20H20FN5O2. The van der Waals surface area contributed by atoms with Gasteiger partial charge in [0, 0.05) is 37.6 Å². The predicted molar refractivity (Wildman–Crippen MR) is 102 cm³/mol. The number of ether oxygens (including phenoxy) is 1. The van der Waals surface area contributed by atoms with Gasteiger partial charge in [-0.15, -0.1) is 0 Å². The number of imidazole rings is 1. The smallest absolute Gasteiger partial charge is 0.321 e. The molecule has 3 aromatic rings. The summed E-state index contributed by atoms with van der Waals surface area (Å²) in [6.45, 7) is 1.38. The van der Waals surface area contributed by atoms with E-state index in [2.05, 4.69) is 19.9 Å². The minimum atomic E-state index is -0.326. The molecule has 8 heteroatoms. The quantitative estimate of drug-likeness (QED) is 0.739. The summed E-state index contributed by atoms with van der Waals surface area (Å²) in [6.07, 6.45) is 8.88. The SMILES string of the molecule is O=C(Nc1ccc(Oc2ccc(F)cc2)nc1)N1CCC(n2ccnc2)CC1. The maximum atomic E-state index is 12.9. The van der Waals surface area contributed by atoms with Gasteiger partial charge in [-0.3, -0.25) is 0 Å². The van der Waals surface area contributed by atoms with E-state index in [1.165, 1.54) is 30.5 Å². The molecule has 0 atom stereocenters. The fourth-order valence-corrected chi connectivity index (χ4v) is 3.19. The van der Waals surface area contributed by atoms with Crippen molar-refractivity contribution >= 4 is 11.7 Å². The Bertz CT molecular complexity index is 905. The number of likely N-dealkylation sites (tertiary alicyclic amines) is 1. The third kappa shape index (κ3) is 4.28. The fourth-order valence-electron chi connectivity index (χ4n) is 3.19. The van der Waals surface area contributed by atoms with Crippen molar-refractivity contribution in [1.82, 2.24) is 19.4 Å². The van der Waals surface area contributed by atoms with Gasteiger partial charge in [0.1, 0.15) is 11.6 Å². The highest BCUT2D eigenvalue weighted by Crippen LogP contribution is 2.23. The summed E-state index contributed by atoms with van der Waals surface area (Å²) in [5.41, 5.74) is 0.591. The van der Waals surface area contributed by atoms with E-state index in [4.69, 9.17) is 4.74 Å². The van der Waals surface area contributed by atoms with E-state index < -0.39 is 0 Å². The van der Waals surface area contributed by atoms with Gasteiger partial charge in [0.15, 0.2) is 0 Å². The van der Waals surface area contributed by atoms with E-state index in [0.29, 0.717) is 36.4 Å². The van der Waals surface area contributed by atoms with Crippen molar-refractivity contribution in [3.05, 3.63) is 67.1 Å². The Morgan fingerprint density at radius 1 is 1.14 bits per heavy atom. The standard InChI is InChI=1S/C20H20FN5O2/c21-15-1-4-18(5-2-15)28-19-6-3-16(13-23-19)24-20(27)25-10-7-17(8-11-25)26-12-9-22-14-26/h1-6,9,12-14,17H,7-8,10-11H2,(H,24,27). The van der Waals surface area contributed by atoms with Crippen molar-refractivity contribution < 1.29 is 13.9 Å². The molecule has 0 spiro atoms. The summed E-state index contributed by atoms with van der Waals surface area (Å²) < 4.78 is 20.6. The number of amides is 2. The molecule has 1 N–H and O–H groups in total. The molecule has 0 unspecified atom stereocenters. The third-order valence-electron chi connectivity index (χ3n) is 4.72. The lowest BCUT2D eigenvalue weighted by atomic mass is 10.1. The van der Waals surface area contributed by atoms with Crippen LogP contribution in [-0.2, 0) is 0 Å². The van der Waals surface area contributed by atoms with Gasteiger partial charge >= 0.3 is 6.03 Å². The second-order valence-corrected chi connectivity index (χ2v) is 6.60. The van der Waals surface area contributed by atoms with Gasteiger partial charge < -0.3 is 19.5 Å². The van der Waals surface area contributed by atoms with Crippen molar-refractivity contribution in [2.75, 3.05) is 18.4 Å². The van der Waals surface area contributed by atoms with E-state index in [0.717, 1.165) is 12.8 Å². The zero-order chi connectivity index (χ0) is 19.3. The molecule has 1 fully saturated rings. The van der Waals surface area contributed by atoms with Gasteiger partial charge in [-0.25, -0.2) is 19.2 Å². The van der Waals surface area contributed by atoms with Crippen LogP contribution in [0.3, 0.4) is 0 Å². The molecule has 28 heavy (non-hydrogen) atoms. The van der Waals surface area contributed by atoms with Gasteiger partial charge in [-0.2, -0.15) is 0 Å². The first-order chi connectivity index (χ1) is 13.7. The molecule has 0 aliphatic carbocycles. The molecular weight excluding hydrogens is 361 g/mol. The number of benzene rings is 1. The van der Waals surface area contributed by atoms with Crippen LogP contribution >= 0.6 is 0 Å². The molecule has 3 heterocycles. The van der Waals surface area contributed by atoms with Gasteiger partial charge in [-0.1, -0.05) is 0 Å². The molecule has 0 bridgehead atoms. The molecule has 0 radical (unpaired) electrons. The number of nitrogens with one attached hydrogen (secondary N) is 1. The van der Waals surface area contributed by atoms with Crippen LogP contribution in [0, 0.1) is 5.82 Å². The molecule has 4 rings (SSSR count). The maximum absolute atomic E-state index is 12.9.